The Labute approximate surface area is 106 Å². The molecule has 1 aromatic heterocycles. The van der Waals surface area contributed by atoms with E-state index in [1.807, 2.05) is 0 Å². The molecule has 90 valence electrons. The van der Waals surface area contributed by atoms with Gasteiger partial charge in [0.1, 0.15) is 11.0 Å². The summed E-state index contributed by atoms with van der Waals surface area (Å²) in [4.78, 5) is 11.9. The van der Waals surface area contributed by atoms with Gasteiger partial charge in [0.25, 0.3) is 5.91 Å². The van der Waals surface area contributed by atoms with Crippen LogP contribution in [0.25, 0.3) is 11.0 Å². The van der Waals surface area contributed by atoms with Crippen molar-refractivity contribution in [3.8, 4) is 0 Å². The van der Waals surface area contributed by atoms with Crippen LogP contribution < -0.4 is 5.32 Å². The Hall–Kier alpha value is -1.47. The third kappa shape index (κ3) is 2.62. The molecule has 0 bridgehead atoms. The molecule has 3 N–H and O–H groups in total. The van der Waals surface area contributed by atoms with E-state index in [1.54, 1.807) is 12.1 Å². The van der Waals surface area contributed by atoms with E-state index in [4.69, 9.17) is 5.11 Å². The summed E-state index contributed by atoms with van der Waals surface area (Å²) in [6.07, 6.45) is 0.529. The number of carbonyl (C=O) groups is 1. The van der Waals surface area contributed by atoms with Gasteiger partial charge in [-0.25, -0.2) is 0 Å². The highest BCUT2D eigenvalue weighted by atomic mass is 79.9. The highest BCUT2D eigenvalue weighted by Gasteiger charge is 2.13. The van der Waals surface area contributed by atoms with Crippen molar-refractivity contribution in [3.63, 3.8) is 0 Å². The molecule has 0 saturated carbocycles. The van der Waals surface area contributed by atoms with E-state index < -0.39 is 0 Å². The lowest BCUT2D eigenvalue weighted by atomic mass is 10.1. The average Bonchev–Trinajstić information content (AvgIpc) is 2.75. The van der Waals surface area contributed by atoms with Crippen LogP contribution in [0.5, 0.6) is 0 Å². The predicted molar refractivity (Wildman–Crippen MR) is 65.6 cm³/mol. The van der Waals surface area contributed by atoms with E-state index in [1.165, 1.54) is 0 Å². The van der Waals surface area contributed by atoms with E-state index in [9.17, 15) is 4.79 Å². The normalized spacial score (nSPS) is 10.7. The number of aliphatic hydroxyl groups excluding tert-OH is 1. The van der Waals surface area contributed by atoms with E-state index in [0.29, 0.717) is 29.6 Å². The molecule has 2 rings (SSSR count). The number of nitrogens with zero attached hydrogens (tertiary/aromatic N) is 2. The van der Waals surface area contributed by atoms with Crippen LogP contribution in [0.1, 0.15) is 16.8 Å². The maximum atomic E-state index is 11.9. The molecule has 0 aliphatic carbocycles. The molecule has 0 unspecified atom stereocenters. The van der Waals surface area contributed by atoms with Gasteiger partial charge in [-0.15, -0.1) is 0 Å². The predicted octanol–water partition coefficient (Wildman–Crippen LogP) is 0.833. The molecule has 0 aliphatic rings. The fourth-order valence-corrected chi connectivity index (χ4v) is 1.91. The van der Waals surface area contributed by atoms with Crippen molar-refractivity contribution in [2.75, 3.05) is 13.2 Å². The summed E-state index contributed by atoms with van der Waals surface area (Å²) in [5.74, 6) is -0.223. The molecule has 0 radical (unpaired) electrons. The number of nitrogens with one attached hydrogen (secondary N) is 2. The van der Waals surface area contributed by atoms with Gasteiger partial charge >= 0.3 is 0 Å². The van der Waals surface area contributed by atoms with E-state index >= 15 is 0 Å². The summed E-state index contributed by atoms with van der Waals surface area (Å²) >= 11 is 3.32. The number of amides is 1. The maximum Gasteiger partial charge on any atom is 0.253 e. The van der Waals surface area contributed by atoms with E-state index in [-0.39, 0.29) is 12.5 Å². The van der Waals surface area contributed by atoms with Crippen LogP contribution in [0, 0.1) is 0 Å². The number of carbonyl (C=O) groups excluding carboxylic acids is 1. The van der Waals surface area contributed by atoms with Crippen molar-refractivity contribution < 1.29 is 9.90 Å². The molecule has 0 saturated heterocycles. The number of fused-ring (bicyclic) bond motifs is 1. The number of hydrogen-bond donors (Lipinski definition) is 3. The molecule has 6 nitrogen and oxygen atoms in total. The van der Waals surface area contributed by atoms with Crippen LogP contribution in [0.4, 0.5) is 0 Å². The third-order valence-corrected chi connectivity index (χ3v) is 2.71. The summed E-state index contributed by atoms with van der Waals surface area (Å²) in [7, 11) is 0. The number of H-pyrrole nitrogens is 1. The minimum Gasteiger partial charge on any atom is -0.396 e. The highest BCUT2D eigenvalue weighted by Crippen LogP contribution is 2.20. The zero-order valence-corrected chi connectivity index (χ0v) is 10.5. The molecule has 2 aromatic rings. The van der Waals surface area contributed by atoms with Crippen molar-refractivity contribution in [2.45, 2.75) is 6.42 Å². The zero-order chi connectivity index (χ0) is 12.3. The largest absolute Gasteiger partial charge is 0.396 e. The van der Waals surface area contributed by atoms with Crippen LogP contribution in [0.15, 0.2) is 16.6 Å². The summed E-state index contributed by atoms with van der Waals surface area (Å²) in [6.45, 7) is 0.485. The number of aromatic nitrogens is 3. The minimum atomic E-state index is -0.223. The van der Waals surface area contributed by atoms with Crippen molar-refractivity contribution in [3.05, 3.63) is 22.2 Å². The molecular formula is C10H11BrN4O2. The molecule has 7 heteroatoms. The second kappa shape index (κ2) is 5.24. The van der Waals surface area contributed by atoms with Crippen LogP contribution in [-0.2, 0) is 0 Å². The number of aromatic amines is 1. The minimum absolute atomic E-state index is 0.0537. The topological polar surface area (TPSA) is 90.9 Å². The molecule has 1 heterocycles. The van der Waals surface area contributed by atoms with Crippen molar-refractivity contribution in [1.29, 1.82) is 0 Å². The lowest BCUT2D eigenvalue weighted by Gasteiger charge is -2.04. The van der Waals surface area contributed by atoms with Gasteiger partial charge in [0.2, 0.25) is 0 Å². The third-order valence-electron chi connectivity index (χ3n) is 2.25. The van der Waals surface area contributed by atoms with Crippen molar-refractivity contribution in [1.82, 2.24) is 20.7 Å². The Morgan fingerprint density at radius 1 is 1.47 bits per heavy atom. The molecule has 0 aliphatic heterocycles. The van der Waals surface area contributed by atoms with Gasteiger partial charge in [0.15, 0.2) is 0 Å². The number of benzene rings is 1. The monoisotopic (exact) mass is 298 g/mol. The van der Waals surface area contributed by atoms with Gasteiger partial charge < -0.3 is 10.4 Å². The Bertz CT molecular complexity index is 540. The first-order valence-corrected chi connectivity index (χ1v) is 5.91. The molecule has 0 spiro atoms. The smallest absolute Gasteiger partial charge is 0.253 e. The number of halogens is 1. The van der Waals surface area contributed by atoms with E-state index in [0.717, 1.165) is 4.47 Å². The Balaban J connectivity index is 2.27. The summed E-state index contributed by atoms with van der Waals surface area (Å²) < 4.78 is 0.770. The Morgan fingerprint density at radius 2 is 2.29 bits per heavy atom. The van der Waals surface area contributed by atoms with Gasteiger partial charge in [0.05, 0.1) is 5.56 Å². The van der Waals surface area contributed by atoms with Crippen LogP contribution in [0.2, 0.25) is 0 Å². The average molecular weight is 299 g/mol. The molecular weight excluding hydrogens is 288 g/mol. The van der Waals surface area contributed by atoms with Gasteiger partial charge in [-0.1, -0.05) is 15.9 Å². The fourth-order valence-electron chi connectivity index (χ4n) is 1.47. The van der Waals surface area contributed by atoms with Crippen molar-refractivity contribution >= 4 is 32.9 Å². The van der Waals surface area contributed by atoms with Crippen LogP contribution >= 0.6 is 15.9 Å². The van der Waals surface area contributed by atoms with Gasteiger partial charge in [-0.3, -0.25) is 4.79 Å². The van der Waals surface area contributed by atoms with E-state index in [2.05, 4.69) is 36.7 Å². The summed E-state index contributed by atoms with van der Waals surface area (Å²) in [5, 5.41) is 21.7. The lowest BCUT2D eigenvalue weighted by Crippen LogP contribution is -2.25. The number of hydrogen-bond acceptors (Lipinski definition) is 4. The van der Waals surface area contributed by atoms with Crippen LogP contribution in [0.3, 0.4) is 0 Å². The summed E-state index contributed by atoms with van der Waals surface area (Å²) in [6, 6.07) is 3.47. The van der Waals surface area contributed by atoms with Crippen molar-refractivity contribution in [2.24, 2.45) is 0 Å². The van der Waals surface area contributed by atoms with Crippen LogP contribution in [-0.4, -0.2) is 39.6 Å². The highest BCUT2D eigenvalue weighted by molar-refractivity contribution is 9.10. The standard InChI is InChI=1S/C10H11BrN4O2/c11-6-4-7(10(17)12-2-1-3-16)9-8(5-6)13-15-14-9/h4-5,16H,1-3H2,(H,12,17)(H,13,14,15). The summed E-state index contributed by atoms with van der Waals surface area (Å²) in [5.41, 5.74) is 1.63. The maximum absolute atomic E-state index is 11.9. The second-order valence-electron chi connectivity index (χ2n) is 3.48. The molecule has 1 aromatic carbocycles. The number of aliphatic hydroxyl groups is 1. The Morgan fingerprint density at radius 3 is 3.06 bits per heavy atom. The Kier molecular flexibility index (Phi) is 3.70. The SMILES string of the molecule is O=C(NCCCO)c1cc(Br)cc2n[nH]nc12. The van der Waals surface area contributed by atoms with Gasteiger partial charge in [0, 0.05) is 17.6 Å². The quantitative estimate of drug-likeness (QED) is 0.729. The molecule has 1 amide bonds. The lowest BCUT2D eigenvalue weighted by molar-refractivity contribution is 0.0952. The first-order valence-electron chi connectivity index (χ1n) is 5.11. The zero-order valence-electron chi connectivity index (χ0n) is 8.90. The number of rotatable bonds is 4. The molecule has 0 atom stereocenters. The second-order valence-corrected chi connectivity index (χ2v) is 4.39. The first-order chi connectivity index (χ1) is 8.22. The van der Waals surface area contributed by atoms with Gasteiger partial charge in [-0.2, -0.15) is 15.4 Å². The molecule has 0 fully saturated rings. The molecule has 17 heavy (non-hydrogen) atoms. The van der Waals surface area contributed by atoms with Gasteiger partial charge in [-0.05, 0) is 18.6 Å². The first kappa shape index (κ1) is 12.0. The fraction of sp³-hybridized carbons (Fsp3) is 0.300.